The van der Waals surface area contributed by atoms with Gasteiger partial charge in [-0.1, -0.05) is 0 Å². The minimum atomic E-state index is -3.22. The van der Waals surface area contributed by atoms with Crippen molar-refractivity contribution >= 4 is 38.9 Å². The van der Waals surface area contributed by atoms with Crippen molar-refractivity contribution in [3.8, 4) is 0 Å². The van der Waals surface area contributed by atoms with Gasteiger partial charge < -0.3 is 4.98 Å². The van der Waals surface area contributed by atoms with Gasteiger partial charge in [0, 0.05) is 11.8 Å². The smallest absolute Gasteiger partial charge is 0.314 e. The number of halogens is 3. The van der Waals surface area contributed by atoms with Crippen LogP contribution in [0.5, 0.6) is 0 Å². The molecule has 1 heterocycles. The molecule has 80 valence electrons. The fourth-order valence-electron chi connectivity index (χ4n) is 0.477. The highest BCUT2D eigenvalue weighted by Gasteiger charge is 2.02. The van der Waals surface area contributed by atoms with E-state index in [9.17, 15) is 14.2 Å². The van der Waals surface area contributed by atoms with Crippen LogP contribution in [-0.4, -0.2) is 9.97 Å². The predicted molar refractivity (Wildman–Crippen MR) is 57.6 cm³/mol. The topological polar surface area (TPSA) is 82.8 Å². The standard InChI is InChI=1S/C5H6N2O2.Cl3OP/c1-3-2-6-5(9)7-4(3)8;1-5(2,3)4/h2H,1H3,(H2,6,7,8,9);. The van der Waals surface area contributed by atoms with Gasteiger partial charge >= 0.3 is 10.9 Å². The number of hydrogen-bond donors (Lipinski definition) is 2. The van der Waals surface area contributed by atoms with E-state index in [4.69, 9.17) is 0 Å². The number of hydrogen-bond acceptors (Lipinski definition) is 3. The minimum Gasteiger partial charge on any atom is -0.314 e. The molecule has 0 amide bonds. The van der Waals surface area contributed by atoms with Crippen LogP contribution in [-0.2, 0) is 4.57 Å². The normalized spacial score (nSPS) is 10.3. The highest BCUT2D eigenvalue weighted by Crippen LogP contribution is 2.61. The average Bonchev–Trinajstić information content (AvgIpc) is 1.94. The Morgan fingerprint density at radius 2 is 1.71 bits per heavy atom. The Morgan fingerprint density at radius 3 is 2.00 bits per heavy atom. The van der Waals surface area contributed by atoms with Crippen LogP contribution in [0.15, 0.2) is 15.8 Å². The van der Waals surface area contributed by atoms with Gasteiger partial charge in [-0.3, -0.25) is 14.3 Å². The van der Waals surface area contributed by atoms with Gasteiger partial charge in [-0.25, -0.2) is 4.79 Å². The molecule has 0 aromatic carbocycles. The van der Waals surface area contributed by atoms with E-state index in [1.165, 1.54) is 6.20 Å². The molecule has 0 bridgehead atoms. The second kappa shape index (κ2) is 5.61. The number of H-pyrrole nitrogens is 2. The van der Waals surface area contributed by atoms with Gasteiger partial charge in [0.2, 0.25) is 0 Å². The van der Waals surface area contributed by atoms with Gasteiger partial charge in [0.05, 0.1) is 0 Å². The fraction of sp³-hybridized carbons (Fsp3) is 0.200. The first-order valence-corrected chi connectivity index (χ1v) is 7.60. The van der Waals surface area contributed by atoms with Crippen molar-refractivity contribution in [3.05, 3.63) is 32.6 Å². The molecule has 0 radical (unpaired) electrons. The Morgan fingerprint density at radius 1 is 1.29 bits per heavy atom. The molecule has 0 unspecified atom stereocenters. The second-order valence-electron chi connectivity index (χ2n) is 2.15. The molecule has 0 saturated carbocycles. The van der Waals surface area contributed by atoms with E-state index in [-0.39, 0.29) is 5.56 Å². The fourth-order valence-corrected chi connectivity index (χ4v) is 0.477. The molecule has 14 heavy (non-hydrogen) atoms. The molecule has 0 atom stereocenters. The third-order valence-corrected chi connectivity index (χ3v) is 1.00. The molecule has 0 saturated heterocycles. The Bertz CT molecular complexity index is 440. The lowest BCUT2D eigenvalue weighted by atomic mass is 10.4. The monoisotopic (exact) mass is 278 g/mol. The zero-order valence-corrected chi connectivity index (χ0v) is 10.0. The van der Waals surface area contributed by atoms with Crippen molar-refractivity contribution in [3.63, 3.8) is 0 Å². The van der Waals surface area contributed by atoms with E-state index in [1.807, 2.05) is 0 Å². The molecular weight excluding hydrogens is 273 g/mol. The second-order valence-corrected chi connectivity index (χ2v) is 8.79. The van der Waals surface area contributed by atoms with E-state index in [0.29, 0.717) is 5.56 Å². The largest absolute Gasteiger partial charge is 0.339 e. The summed E-state index contributed by atoms with van der Waals surface area (Å²) in [4.78, 5) is 25.3. The Balaban J connectivity index is 0.000000292. The lowest BCUT2D eigenvalue weighted by Crippen LogP contribution is -2.22. The van der Waals surface area contributed by atoms with E-state index < -0.39 is 10.9 Å². The van der Waals surface area contributed by atoms with E-state index >= 15 is 0 Å². The zero-order chi connectivity index (χ0) is 11.4. The van der Waals surface area contributed by atoms with Crippen LogP contribution in [0.3, 0.4) is 0 Å². The van der Waals surface area contributed by atoms with Crippen LogP contribution in [0.1, 0.15) is 5.56 Å². The molecular formula is C5H6Cl3N2O3P. The molecule has 9 heteroatoms. The lowest BCUT2D eigenvalue weighted by molar-refractivity contribution is 0.600. The number of nitrogens with one attached hydrogen (secondary N) is 2. The van der Waals surface area contributed by atoms with Crippen molar-refractivity contribution in [2.75, 3.05) is 0 Å². The number of aromatic nitrogens is 2. The first-order valence-electron chi connectivity index (χ1n) is 3.18. The van der Waals surface area contributed by atoms with Gasteiger partial charge in [0.25, 0.3) is 5.56 Å². The molecule has 1 aromatic rings. The molecule has 0 spiro atoms. The predicted octanol–water partition coefficient (Wildman–Crippen LogP) is 2.18. The van der Waals surface area contributed by atoms with Gasteiger partial charge in [0.1, 0.15) is 0 Å². The maximum Gasteiger partial charge on any atom is 0.339 e. The maximum absolute atomic E-state index is 10.6. The Labute approximate surface area is 93.1 Å². The average molecular weight is 279 g/mol. The van der Waals surface area contributed by atoms with Gasteiger partial charge in [-0.2, -0.15) is 0 Å². The van der Waals surface area contributed by atoms with Crippen LogP contribution >= 0.6 is 38.9 Å². The van der Waals surface area contributed by atoms with E-state index in [2.05, 4.69) is 43.7 Å². The first-order chi connectivity index (χ1) is 6.20. The van der Waals surface area contributed by atoms with Crippen LogP contribution < -0.4 is 11.2 Å². The summed E-state index contributed by atoms with van der Waals surface area (Å²) in [5, 5.41) is -3.22. The van der Waals surface area contributed by atoms with Crippen LogP contribution in [0.2, 0.25) is 0 Å². The van der Waals surface area contributed by atoms with Crippen LogP contribution in [0, 0.1) is 6.92 Å². The third kappa shape index (κ3) is 8.38. The van der Waals surface area contributed by atoms with Crippen molar-refractivity contribution in [2.24, 2.45) is 0 Å². The molecule has 0 fully saturated rings. The Kier molecular flexibility index (Phi) is 5.52. The number of aryl methyl sites for hydroxylation is 1. The highest BCUT2D eigenvalue weighted by atomic mass is 36.0. The molecule has 0 aliphatic rings. The Hall–Kier alpha value is -0.220. The van der Waals surface area contributed by atoms with E-state index in [0.717, 1.165) is 0 Å². The third-order valence-electron chi connectivity index (χ3n) is 1.00. The quantitative estimate of drug-likeness (QED) is 0.714. The molecule has 0 aliphatic carbocycles. The molecule has 0 aliphatic heterocycles. The molecule has 2 N–H and O–H groups in total. The summed E-state index contributed by atoms with van der Waals surface area (Å²) < 4.78 is 9.51. The van der Waals surface area contributed by atoms with E-state index in [1.54, 1.807) is 6.92 Å². The summed E-state index contributed by atoms with van der Waals surface area (Å²) in [5.41, 5.74) is -0.293. The minimum absolute atomic E-state index is 0.334. The number of rotatable bonds is 0. The maximum atomic E-state index is 10.6. The van der Waals surface area contributed by atoms with Crippen LogP contribution in [0.4, 0.5) is 0 Å². The molecule has 5 nitrogen and oxygen atoms in total. The molecule has 1 aromatic heterocycles. The lowest BCUT2D eigenvalue weighted by Gasteiger charge is -1.84. The van der Waals surface area contributed by atoms with Gasteiger partial charge in [0.15, 0.2) is 0 Å². The summed E-state index contributed by atoms with van der Waals surface area (Å²) in [6, 6.07) is 0. The summed E-state index contributed by atoms with van der Waals surface area (Å²) >= 11 is 13.8. The van der Waals surface area contributed by atoms with Crippen molar-refractivity contribution < 1.29 is 4.57 Å². The van der Waals surface area contributed by atoms with Crippen molar-refractivity contribution in [2.45, 2.75) is 6.92 Å². The summed E-state index contributed by atoms with van der Waals surface area (Å²) in [5.74, 6) is 0. The number of aromatic amines is 2. The summed E-state index contributed by atoms with van der Waals surface area (Å²) in [7, 11) is 0. The van der Waals surface area contributed by atoms with Crippen molar-refractivity contribution in [1.82, 2.24) is 9.97 Å². The SMILES string of the molecule is Cc1c[nH]c(=O)[nH]c1=O.O=P(Cl)(Cl)Cl. The summed E-state index contributed by atoms with van der Waals surface area (Å²) in [6.07, 6.45) is 1.38. The van der Waals surface area contributed by atoms with Crippen LogP contribution in [0.25, 0.3) is 0 Å². The van der Waals surface area contributed by atoms with Gasteiger partial charge in [-0.05, 0) is 40.6 Å². The zero-order valence-electron chi connectivity index (χ0n) is 6.88. The molecule has 1 rings (SSSR count). The van der Waals surface area contributed by atoms with Gasteiger partial charge in [-0.15, -0.1) is 0 Å². The van der Waals surface area contributed by atoms with Crippen molar-refractivity contribution in [1.29, 1.82) is 0 Å². The first kappa shape index (κ1) is 13.8. The highest BCUT2D eigenvalue weighted by molar-refractivity contribution is 8.24. The summed E-state index contributed by atoms with van der Waals surface area (Å²) in [6.45, 7) is 1.62.